The van der Waals surface area contributed by atoms with Crippen molar-refractivity contribution < 1.29 is 9.90 Å². The first kappa shape index (κ1) is 22.3. The second-order valence-electron chi connectivity index (χ2n) is 10.6. The van der Waals surface area contributed by atoms with Gasteiger partial charge in [-0.05, 0) is 68.6 Å². The van der Waals surface area contributed by atoms with Crippen LogP contribution in [0, 0.1) is 12.8 Å². The summed E-state index contributed by atoms with van der Waals surface area (Å²) in [6, 6.07) is 8.80. The van der Waals surface area contributed by atoms with Gasteiger partial charge in [-0.3, -0.25) is 4.79 Å². The van der Waals surface area contributed by atoms with Gasteiger partial charge < -0.3 is 21.1 Å². The van der Waals surface area contributed by atoms with E-state index in [1.54, 1.807) is 0 Å². The average molecular weight is 475 g/mol. The van der Waals surface area contributed by atoms with Crippen LogP contribution >= 0.6 is 0 Å². The number of carbonyl (C=O) groups is 1. The van der Waals surface area contributed by atoms with E-state index in [4.69, 9.17) is 4.98 Å². The van der Waals surface area contributed by atoms with Gasteiger partial charge in [-0.1, -0.05) is 25.0 Å². The van der Waals surface area contributed by atoms with Crippen molar-refractivity contribution in [1.29, 1.82) is 0 Å². The molecule has 1 amide bonds. The fourth-order valence-electron chi connectivity index (χ4n) is 5.34. The van der Waals surface area contributed by atoms with Crippen LogP contribution in [0.4, 0.5) is 11.6 Å². The molecule has 6 rings (SSSR count). The van der Waals surface area contributed by atoms with Gasteiger partial charge in [-0.2, -0.15) is 9.61 Å². The number of aryl methyl sites for hydroxylation is 1. The van der Waals surface area contributed by atoms with Crippen LogP contribution < -0.4 is 16.0 Å². The van der Waals surface area contributed by atoms with Crippen LogP contribution in [-0.2, 0) is 0 Å². The van der Waals surface area contributed by atoms with Crippen molar-refractivity contribution in [1.82, 2.24) is 19.9 Å². The number of aromatic nitrogens is 3. The van der Waals surface area contributed by atoms with E-state index in [1.807, 2.05) is 35.8 Å². The number of nitrogens with one attached hydrogen (secondary N) is 3. The molecule has 35 heavy (non-hydrogen) atoms. The van der Waals surface area contributed by atoms with Crippen molar-refractivity contribution in [3.8, 4) is 11.1 Å². The van der Waals surface area contributed by atoms with Gasteiger partial charge in [0.25, 0.3) is 5.91 Å². The molecule has 0 unspecified atom stereocenters. The molecule has 3 fully saturated rings. The van der Waals surface area contributed by atoms with E-state index < -0.39 is 0 Å². The molecule has 0 aliphatic heterocycles. The van der Waals surface area contributed by atoms with Gasteiger partial charge >= 0.3 is 0 Å². The van der Waals surface area contributed by atoms with Gasteiger partial charge in [-0.15, -0.1) is 0 Å². The van der Waals surface area contributed by atoms with Crippen LogP contribution in [0.2, 0.25) is 0 Å². The van der Waals surface area contributed by atoms with Gasteiger partial charge in [0, 0.05) is 35.8 Å². The van der Waals surface area contributed by atoms with E-state index in [-0.39, 0.29) is 12.0 Å². The molecule has 0 saturated heterocycles. The minimum absolute atomic E-state index is 0.00480. The molecule has 3 saturated carbocycles. The smallest absolute Gasteiger partial charge is 0.251 e. The summed E-state index contributed by atoms with van der Waals surface area (Å²) in [4.78, 5) is 17.6. The summed E-state index contributed by atoms with van der Waals surface area (Å²) in [5, 5.41) is 24.6. The van der Waals surface area contributed by atoms with Crippen LogP contribution in [0.1, 0.15) is 67.3 Å². The highest BCUT2D eigenvalue weighted by atomic mass is 16.3. The molecule has 3 aromatic rings. The van der Waals surface area contributed by atoms with E-state index in [0.29, 0.717) is 18.0 Å². The Morgan fingerprint density at radius 3 is 2.63 bits per heavy atom. The van der Waals surface area contributed by atoms with Gasteiger partial charge in [0.1, 0.15) is 11.6 Å². The van der Waals surface area contributed by atoms with Gasteiger partial charge in [-0.25, -0.2) is 4.98 Å². The fourth-order valence-corrected chi connectivity index (χ4v) is 5.34. The van der Waals surface area contributed by atoms with Gasteiger partial charge in [0.15, 0.2) is 5.65 Å². The number of hydrogen-bond acceptors (Lipinski definition) is 6. The zero-order valence-corrected chi connectivity index (χ0v) is 20.3. The maximum atomic E-state index is 12.6. The Bertz CT molecular complexity index is 1240. The predicted octanol–water partition coefficient (Wildman–Crippen LogP) is 4.13. The molecule has 4 N–H and O–H groups in total. The molecule has 8 heteroatoms. The highest BCUT2D eigenvalue weighted by molar-refractivity contribution is 5.97. The van der Waals surface area contributed by atoms with Crippen LogP contribution in [0.25, 0.3) is 16.8 Å². The van der Waals surface area contributed by atoms with E-state index in [1.165, 1.54) is 25.7 Å². The summed E-state index contributed by atoms with van der Waals surface area (Å²) in [6.07, 6.45) is 10.4. The molecule has 1 aromatic carbocycles. The van der Waals surface area contributed by atoms with E-state index >= 15 is 0 Å². The molecule has 0 atom stereocenters. The van der Waals surface area contributed by atoms with E-state index in [9.17, 15) is 9.90 Å². The summed E-state index contributed by atoms with van der Waals surface area (Å²) in [7, 11) is 0. The Balaban J connectivity index is 1.32. The first-order valence-electron chi connectivity index (χ1n) is 13.0. The van der Waals surface area contributed by atoms with Crippen molar-refractivity contribution in [2.45, 2.75) is 76.5 Å². The lowest BCUT2D eigenvalue weighted by molar-refractivity contribution is 0.0486. The number of carbonyl (C=O) groups excluding carboxylic acids is 1. The minimum Gasteiger partial charge on any atom is -0.393 e. The Morgan fingerprint density at radius 2 is 1.91 bits per heavy atom. The molecule has 2 aromatic heterocycles. The summed E-state index contributed by atoms with van der Waals surface area (Å²) >= 11 is 0. The number of rotatable bonds is 8. The van der Waals surface area contributed by atoms with Gasteiger partial charge in [0.05, 0.1) is 12.3 Å². The number of benzene rings is 1. The summed E-state index contributed by atoms with van der Waals surface area (Å²) in [5.74, 6) is 2.25. The Kier molecular flexibility index (Phi) is 5.84. The summed E-state index contributed by atoms with van der Waals surface area (Å²) in [5.41, 5.74) is 4.40. The molecule has 0 spiro atoms. The predicted molar refractivity (Wildman–Crippen MR) is 137 cm³/mol. The largest absolute Gasteiger partial charge is 0.393 e. The molecular formula is C27H34N6O2. The molecule has 0 radical (unpaired) electrons. The molecule has 3 aliphatic carbocycles. The standard InChI is InChI=1S/C27H34N6O2/c1-16-10-18(6-9-22(16)27(35)31-20-7-8-20)23-15-29-33-25(28-14-17-11-21(34)12-17)13-24(32-26(23)33)30-19-4-2-3-5-19/h6,9-10,13,15,17,19-21,28,34H,2-5,7-8,11-12,14H2,1H3,(H,30,32)(H,31,35). The topological polar surface area (TPSA) is 104 Å². The molecule has 8 nitrogen and oxygen atoms in total. The van der Waals surface area contributed by atoms with E-state index in [2.05, 4.69) is 27.1 Å². The second kappa shape index (κ2) is 9.15. The van der Waals surface area contributed by atoms with Crippen molar-refractivity contribution in [3.05, 3.63) is 41.6 Å². The number of anilines is 2. The van der Waals surface area contributed by atoms with Crippen LogP contribution in [0.3, 0.4) is 0 Å². The Labute approximate surface area is 205 Å². The van der Waals surface area contributed by atoms with Crippen molar-refractivity contribution >= 4 is 23.2 Å². The van der Waals surface area contributed by atoms with E-state index in [0.717, 1.165) is 71.8 Å². The Morgan fingerprint density at radius 1 is 1.11 bits per heavy atom. The number of fused-ring (bicyclic) bond motifs is 1. The lowest BCUT2D eigenvalue weighted by Crippen LogP contribution is -2.33. The highest BCUT2D eigenvalue weighted by Gasteiger charge is 2.27. The molecule has 2 heterocycles. The molecule has 3 aliphatic rings. The fraction of sp³-hybridized carbons (Fsp3) is 0.519. The van der Waals surface area contributed by atoms with Crippen molar-refractivity contribution in [2.24, 2.45) is 5.92 Å². The van der Waals surface area contributed by atoms with Crippen LogP contribution in [-0.4, -0.2) is 50.3 Å². The summed E-state index contributed by atoms with van der Waals surface area (Å²) in [6.45, 7) is 2.79. The first-order valence-corrected chi connectivity index (χ1v) is 13.0. The van der Waals surface area contributed by atoms with Crippen molar-refractivity contribution in [2.75, 3.05) is 17.2 Å². The number of hydrogen-bond donors (Lipinski definition) is 4. The first-order chi connectivity index (χ1) is 17.0. The lowest BCUT2D eigenvalue weighted by atomic mass is 9.82. The maximum Gasteiger partial charge on any atom is 0.251 e. The maximum absolute atomic E-state index is 12.6. The highest BCUT2D eigenvalue weighted by Crippen LogP contribution is 2.32. The third-order valence-corrected chi connectivity index (χ3v) is 7.66. The number of aliphatic hydroxyl groups is 1. The monoisotopic (exact) mass is 474 g/mol. The molecular weight excluding hydrogens is 440 g/mol. The zero-order valence-electron chi connectivity index (χ0n) is 20.3. The second-order valence-corrected chi connectivity index (χ2v) is 10.6. The van der Waals surface area contributed by atoms with Crippen molar-refractivity contribution in [3.63, 3.8) is 0 Å². The normalized spacial score (nSPS) is 22.2. The quantitative estimate of drug-likeness (QED) is 0.391. The third kappa shape index (κ3) is 4.72. The Hall–Kier alpha value is -3.13. The van der Waals surface area contributed by atoms with Crippen LogP contribution in [0.15, 0.2) is 30.5 Å². The molecule has 184 valence electrons. The third-order valence-electron chi connectivity index (χ3n) is 7.66. The van der Waals surface area contributed by atoms with Gasteiger partial charge in [0.2, 0.25) is 0 Å². The number of nitrogens with zero attached hydrogens (tertiary/aromatic N) is 3. The SMILES string of the molecule is Cc1cc(-c2cnn3c(NCC4CC(O)C4)cc(NC4CCCC4)nc23)ccc1C(=O)NC1CC1. The average Bonchev–Trinajstić information content (AvgIpc) is 3.29. The zero-order chi connectivity index (χ0) is 23.9. The molecule has 0 bridgehead atoms. The minimum atomic E-state index is -0.160. The van der Waals surface area contributed by atoms with Crippen LogP contribution in [0.5, 0.6) is 0 Å². The number of aliphatic hydroxyl groups excluding tert-OH is 1. The lowest BCUT2D eigenvalue weighted by Gasteiger charge is -2.31. The summed E-state index contributed by atoms with van der Waals surface area (Å²) < 4.78 is 1.87. The number of amides is 1.